The van der Waals surface area contributed by atoms with Crippen molar-refractivity contribution in [2.24, 2.45) is 0 Å². The van der Waals surface area contributed by atoms with Gasteiger partial charge in [0.2, 0.25) is 0 Å². The number of para-hydroxylation sites is 1. The maximum atomic E-state index is 5.51. The van der Waals surface area contributed by atoms with Crippen molar-refractivity contribution in [3.05, 3.63) is 55.1 Å². The molecule has 0 saturated carbocycles. The van der Waals surface area contributed by atoms with E-state index in [-0.39, 0.29) is 0 Å². The zero-order valence-electron chi connectivity index (χ0n) is 9.06. The van der Waals surface area contributed by atoms with Gasteiger partial charge in [-0.1, -0.05) is 36.4 Å². The molecule has 0 N–H and O–H groups in total. The van der Waals surface area contributed by atoms with Crippen LogP contribution in [0.15, 0.2) is 55.1 Å². The first-order valence-electron chi connectivity index (χ1n) is 5.37. The first-order chi connectivity index (χ1) is 7.43. The van der Waals surface area contributed by atoms with Crippen molar-refractivity contribution in [3.63, 3.8) is 0 Å². The number of rotatable bonds is 7. The summed E-state index contributed by atoms with van der Waals surface area (Å²) in [6.45, 7) is 4.34. The lowest BCUT2D eigenvalue weighted by Crippen LogP contribution is -1.92. The number of hydrogen-bond acceptors (Lipinski definition) is 1. The summed E-state index contributed by atoms with van der Waals surface area (Å²) in [4.78, 5) is 0. The number of hydrogen-bond donors (Lipinski definition) is 0. The molecule has 1 heteroatoms. The smallest absolute Gasteiger partial charge is 0.119 e. The van der Waals surface area contributed by atoms with Gasteiger partial charge >= 0.3 is 0 Å². The summed E-state index contributed by atoms with van der Waals surface area (Å²) in [5, 5.41) is 0. The monoisotopic (exact) mass is 202 g/mol. The molecule has 1 nitrogen and oxygen atoms in total. The molecule has 0 atom stereocenters. The lowest BCUT2D eigenvalue weighted by atomic mass is 10.2. The standard InChI is InChI=1S/C14H18O/c1-2-3-4-5-6-10-13-15-14-11-8-7-9-12-14/h2,6-12H,1,3-5,13H2/b10-6-. The molecule has 0 aliphatic carbocycles. The minimum atomic E-state index is 0.651. The van der Waals surface area contributed by atoms with Gasteiger partial charge in [-0.2, -0.15) is 0 Å². The molecule has 0 aliphatic rings. The molecule has 0 saturated heterocycles. The molecule has 0 spiro atoms. The van der Waals surface area contributed by atoms with Crippen LogP contribution < -0.4 is 4.74 Å². The number of allylic oxidation sites excluding steroid dienone is 2. The van der Waals surface area contributed by atoms with Crippen molar-refractivity contribution >= 4 is 0 Å². The van der Waals surface area contributed by atoms with E-state index in [1.165, 1.54) is 6.42 Å². The van der Waals surface area contributed by atoms with Crippen molar-refractivity contribution in [2.75, 3.05) is 6.61 Å². The van der Waals surface area contributed by atoms with Crippen molar-refractivity contribution in [1.82, 2.24) is 0 Å². The molecule has 0 unspecified atom stereocenters. The predicted octanol–water partition coefficient (Wildman–Crippen LogP) is 3.98. The number of unbranched alkanes of at least 4 members (excludes halogenated alkanes) is 2. The predicted molar refractivity (Wildman–Crippen MR) is 65.1 cm³/mol. The van der Waals surface area contributed by atoms with Gasteiger partial charge in [0.15, 0.2) is 0 Å². The third-order valence-corrected chi connectivity index (χ3v) is 2.04. The van der Waals surface area contributed by atoms with Crippen LogP contribution >= 0.6 is 0 Å². The quantitative estimate of drug-likeness (QED) is 0.480. The third-order valence-electron chi connectivity index (χ3n) is 2.04. The van der Waals surface area contributed by atoms with Crippen LogP contribution in [0, 0.1) is 0 Å². The molecule has 80 valence electrons. The summed E-state index contributed by atoms with van der Waals surface area (Å²) < 4.78 is 5.51. The second kappa shape index (κ2) is 7.86. The van der Waals surface area contributed by atoms with Crippen LogP contribution in [0.3, 0.4) is 0 Å². The molecule has 0 fully saturated rings. The Morgan fingerprint density at radius 3 is 2.60 bits per heavy atom. The van der Waals surface area contributed by atoms with Crippen molar-refractivity contribution in [2.45, 2.75) is 19.3 Å². The average molecular weight is 202 g/mol. The molecule has 1 rings (SSSR count). The van der Waals surface area contributed by atoms with Crippen LogP contribution in [-0.2, 0) is 0 Å². The first kappa shape index (κ1) is 11.6. The van der Waals surface area contributed by atoms with Crippen molar-refractivity contribution < 1.29 is 4.74 Å². The fourth-order valence-electron chi connectivity index (χ4n) is 1.23. The lowest BCUT2D eigenvalue weighted by Gasteiger charge is -2.01. The fraction of sp³-hybridized carbons (Fsp3) is 0.286. The van der Waals surface area contributed by atoms with Crippen LogP contribution in [0.25, 0.3) is 0 Å². The van der Waals surface area contributed by atoms with Gasteiger partial charge in [0.25, 0.3) is 0 Å². The molecule has 0 radical (unpaired) electrons. The fourth-order valence-corrected chi connectivity index (χ4v) is 1.23. The van der Waals surface area contributed by atoms with E-state index in [1.54, 1.807) is 0 Å². The van der Waals surface area contributed by atoms with E-state index in [2.05, 4.69) is 18.7 Å². The summed E-state index contributed by atoms with van der Waals surface area (Å²) in [5.74, 6) is 0.924. The highest BCUT2D eigenvalue weighted by atomic mass is 16.5. The van der Waals surface area contributed by atoms with E-state index in [1.807, 2.05) is 36.4 Å². The second-order valence-electron chi connectivity index (χ2n) is 3.32. The van der Waals surface area contributed by atoms with Gasteiger partial charge in [-0.15, -0.1) is 6.58 Å². The largest absolute Gasteiger partial charge is 0.490 e. The molecule has 1 aromatic rings. The molecule has 0 bridgehead atoms. The van der Waals surface area contributed by atoms with Crippen LogP contribution in [0.2, 0.25) is 0 Å². The Morgan fingerprint density at radius 1 is 1.07 bits per heavy atom. The van der Waals surface area contributed by atoms with E-state index in [0.29, 0.717) is 6.61 Å². The van der Waals surface area contributed by atoms with Gasteiger partial charge in [0, 0.05) is 0 Å². The molecular formula is C14H18O. The van der Waals surface area contributed by atoms with Gasteiger partial charge in [-0.05, 0) is 31.4 Å². The summed E-state index contributed by atoms with van der Waals surface area (Å²) in [6.07, 6.45) is 9.54. The van der Waals surface area contributed by atoms with Crippen LogP contribution in [0.5, 0.6) is 5.75 Å². The molecule has 15 heavy (non-hydrogen) atoms. The zero-order chi connectivity index (χ0) is 10.8. The second-order valence-corrected chi connectivity index (χ2v) is 3.32. The average Bonchev–Trinajstić information content (AvgIpc) is 2.29. The molecule has 0 heterocycles. The van der Waals surface area contributed by atoms with E-state index < -0.39 is 0 Å². The van der Waals surface area contributed by atoms with Crippen molar-refractivity contribution in [1.29, 1.82) is 0 Å². The third kappa shape index (κ3) is 5.74. The van der Waals surface area contributed by atoms with Gasteiger partial charge in [-0.25, -0.2) is 0 Å². The lowest BCUT2D eigenvalue weighted by molar-refractivity contribution is 0.362. The maximum Gasteiger partial charge on any atom is 0.119 e. The molecule has 0 amide bonds. The Hall–Kier alpha value is -1.50. The minimum Gasteiger partial charge on any atom is -0.490 e. The van der Waals surface area contributed by atoms with Crippen LogP contribution in [-0.4, -0.2) is 6.61 Å². The highest BCUT2D eigenvalue weighted by molar-refractivity contribution is 5.21. The van der Waals surface area contributed by atoms with E-state index in [4.69, 9.17) is 4.74 Å². The normalized spacial score (nSPS) is 10.4. The van der Waals surface area contributed by atoms with E-state index >= 15 is 0 Å². The SMILES string of the molecule is C=CCCC/C=C\COc1ccccc1. The Kier molecular flexibility index (Phi) is 6.07. The Balaban J connectivity index is 2.08. The highest BCUT2D eigenvalue weighted by Gasteiger charge is 1.86. The summed E-state index contributed by atoms with van der Waals surface area (Å²) in [6, 6.07) is 9.86. The van der Waals surface area contributed by atoms with E-state index in [9.17, 15) is 0 Å². The summed E-state index contributed by atoms with van der Waals surface area (Å²) in [5.41, 5.74) is 0. The van der Waals surface area contributed by atoms with Gasteiger partial charge in [0.1, 0.15) is 12.4 Å². The summed E-state index contributed by atoms with van der Waals surface area (Å²) in [7, 11) is 0. The Morgan fingerprint density at radius 2 is 1.87 bits per heavy atom. The van der Waals surface area contributed by atoms with Gasteiger partial charge < -0.3 is 4.74 Å². The van der Waals surface area contributed by atoms with E-state index in [0.717, 1.165) is 18.6 Å². The van der Waals surface area contributed by atoms with Crippen LogP contribution in [0.4, 0.5) is 0 Å². The first-order valence-corrected chi connectivity index (χ1v) is 5.37. The highest BCUT2D eigenvalue weighted by Crippen LogP contribution is 2.07. The molecular weight excluding hydrogens is 184 g/mol. The Labute approximate surface area is 92.1 Å². The van der Waals surface area contributed by atoms with Crippen LogP contribution in [0.1, 0.15) is 19.3 Å². The zero-order valence-corrected chi connectivity index (χ0v) is 9.06. The summed E-state index contributed by atoms with van der Waals surface area (Å²) >= 11 is 0. The van der Waals surface area contributed by atoms with Gasteiger partial charge in [0.05, 0.1) is 0 Å². The minimum absolute atomic E-state index is 0.651. The number of ether oxygens (including phenoxy) is 1. The van der Waals surface area contributed by atoms with Crippen molar-refractivity contribution in [3.8, 4) is 5.75 Å². The Bertz CT molecular complexity index is 287. The molecule has 1 aromatic carbocycles. The molecule has 0 aromatic heterocycles. The topological polar surface area (TPSA) is 9.23 Å². The maximum absolute atomic E-state index is 5.51. The molecule has 0 aliphatic heterocycles. The van der Waals surface area contributed by atoms with Gasteiger partial charge in [-0.3, -0.25) is 0 Å². The number of benzene rings is 1.